The fourth-order valence-corrected chi connectivity index (χ4v) is 4.27. The Morgan fingerprint density at radius 1 is 1.17 bits per heavy atom. The largest absolute Gasteiger partial charge is 0.872 e. The number of ketones is 1. The molecular formula is C27H28FN3O5. The zero-order valence-electron chi connectivity index (χ0n) is 20.2. The summed E-state index contributed by atoms with van der Waals surface area (Å²) in [6.07, 6.45) is 6.82. The van der Waals surface area contributed by atoms with Crippen LogP contribution in [-0.4, -0.2) is 41.8 Å². The molecule has 8 nitrogen and oxygen atoms in total. The van der Waals surface area contributed by atoms with Gasteiger partial charge < -0.3 is 19.5 Å². The van der Waals surface area contributed by atoms with Crippen LogP contribution in [0.5, 0.6) is 11.5 Å². The molecule has 1 saturated heterocycles. The molecule has 0 radical (unpaired) electrons. The van der Waals surface area contributed by atoms with E-state index in [1.54, 1.807) is 30.7 Å². The van der Waals surface area contributed by atoms with Crippen molar-refractivity contribution in [2.45, 2.75) is 32.4 Å². The SMILES string of the molecule is CCCOc1ccc(C2C(=C([O-])c3ccc(F)cc3)C(=O)C(=O)N2CCC[n+]2cc[nH]c2)cc1OC. The summed E-state index contributed by atoms with van der Waals surface area (Å²) in [6.45, 7) is 3.36. The minimum absolute atomic E-state index is 0.136. The molecule has 1 atom stereocenters. The number of aryl methyl sites for hydroxylation is 1. The second kappa shape index (κ2) is 11.1. The van der Waals surface area contributed by atoms with Crippen LogP contribution in [0, 0.1) is 5.82 Å². The van der Waals surface area contributed by atoms with E-state index in [9.17, 15) is 19.1 Å². The smallest absolute Gasteiger partial charge is 0.295 e. The molecule has 36 heavy (non-hydrogen) atoms. The number of methoxy groups -OCH3 is 1. The molecule has 0 aliphatic carbocycles. The van der Waals surface area contributed by atoms with Crippen LogP contribution in [0.3, 0.4) is 0 Å². The maximum absolute atomic E-state index is 13.5. The molecular weight excluding hydrogens is 465 g/mol. The number of aromatic nitrogens is 2. The predicted molar refractivity (Wildman–Crippen MR) is 127 cm³/mol. The van der Waals surface area contributed by atoms with Crippen LogP contribution < -0.4 is 19.1 Å². The van der Waals surface area contributed by atoms with Crippen LogP contribution in [-0.2, 0) is 16.1 Å². The van der Waals surface area contributed by atoms with Crippen molar-refractivity contribution >= 4 is 17.4 Å². The molecule has 1 unspecified atom stereocenters. The van der Waals surface area contributed by atoms with E-state index in [0.717, 1.165) is 18.6 Å². The van der Waals surface area contributed by atoms with Crippen LogP contribution in [0.4, 0.5) is 4.39 Å². The second-order valence-electron chi connectivity index (χ2n) is 8.44. The summed E-state index contributed by atoms with van der Waals surface area (Å²) < 4.78 is 26.6. The third-order valence-corrected chi connectivity index (χ3v) is 6.02. The van der Waals surface area contributed by atoms with E-state index in [2.05, 4.69) is 4.98 Å². The lowest BCUT2D eigenvalue weighted by Gasteiger charge is -2.28. The first-order valence-electron chi connectivity index (χ1n) is 11.8. The number of imidazole rings is 1. The third kappa shape index (κ3) is 5.10. The van der Waals surface area contributed by atoms with E-state index < -0.39 is 29.3 Å². The number of halogens is 1. The predicted octanol–water partition coefficient (Wildman–Crippen LogP) is 2.55. The van der Waals surface area contributed by atoms with E-state index in [1.165, 1.54) is 24.1 Å². The van der Waals surface area contributed by atoms with Gasteiger partial charge in [-0.1, -0.05) is 30.9 Å². The zero-order chi connectivity index (χ0) is 25.7. The highest BCUT2D eigenvalue weighted by molar-refractivity contribution is 6.46. The quantitative estimate of drug-likeness (QED) is 0.203. The molecule has 2 heterocycles. The number of hydrogen-bond acceptors (Lipinski definition) is 5. The average molecular weight is 494 g/mol. The highest BCUT2D eigenvalue weighted by Crippen LogP contribution is 2.41. The number of carbonyl (C=O) groups is 2. The van der Waals surface area contributed by atoms with Crippen molar-refractivity contribution < 1.29 is 33.1 Å². The number of Topliss-reactive ketones (excluding diaryl/α,β-unsaturated/α-hetero) is 1. The lowest BCUT2D eigenvalue weighted by molar-refractivity contribution is -0.695. The van der Waals surface area contributed by atoms with E-state index in [1.807, 2.05) is 17.7 Å². The fourth-order valence-electron chi connectivity index (χ4n) is 4.27. The Morgan fingerprint density at radius 2 is 1.94 bits per heavy atom. The number of nitrogens with one attached hydrogen (secondary N) is 1. The number of H-pyrrole nitrogens is 1. The van der Waals surface area contributed by atoms with Gasteiger partial charge in [0.1, 0.15) is 18.2 Å². The minimum atomic E-state index is -0.909. The monoisotopic (exact) mass is 493 g/mol. The van der Waals surface area contributed by atoms with Crippen molar-refractivity contribution in [3.05, 3.63) is 83.7 Å². The summed E-state index contributed by atoms with van der Waals surface area (Å²) in [6, 6.07) is 9.15. The summed E-state index contributed by atoms with van der Waals surface area (Å²) in [4.78, 5) is 30.7. The molecule has 1 fully saturated rings. The van der Waals surface area contributed by atoms with E-state index >= 15 is 0 Å². The van der Waals surface area contributed by atoms with Crippen LogP contribution >= 0.6 is 0 Å². The summed E-state index contributed by atoms with van der Waals surface area (Å²) in [5.74, 6) is -1.74. The number of benzene rings is 2. The molecule has 188 valence electrons. The Hall–Kier alpha value is -4.14. The van der Waals surface area contributed by atoms with Crippen molar-refractivity contribution in [3.63, 3.8) is 0 Å². The van der Waals surface area contributed by atoms with Crippen molar-refractivity contribution in [1.82, 2.24) is 9.88 Å². The second-order valence-corrected chi connectivity index (χ2v) is 8.44. The highest BCUT2D eigenvalue weighted by Gasteiger charge is 2.44. The molecule has 9 heteroatoms. The van der Waals surface area contributed by atoms with Gasteiger partial charge in [0.2, 0.25) is 12.1 Å². The molecule has 0 spiro atoms. The van der Waals surface area contributed by atoms with Gasteiger partial charge in [0, 0.05) is 18.5 Å². The summed E-state index contributed by atoms with van der Waals surface area (Å²) in [5, 5.41) is 13.4. The first kappa shape index (κ1) is 25.0. The van der Waals surface area contributed by atoms with Gasteiger partial charge in [0.05, 0.1) is 26.3 Å². The summed E-state index contributed by atoms with van der Waals surface area (Å²) in [5.41, 5.74) is 0.525. The van der Waals surface area contributed by atoms with Crippen LogP contribution in [0.25, 0.3) is 5.76 Å². The van der Waals surface area contributed by atoms with Crippen LogP contribution in [0.15, 0.2) is 66.8 Å². The summed E-state index contributed by atoms with van der Waals surface area (Å²) in [7, 11) is 1.50. The first-order chi connectivity index (χ1) is 17.4. The number of nitrogens with zero attached hydrogens (tertiary/aromatic N) is 2. The Bertz CT molecular complexity index is 1250. The number of ether oxygens (including phenoxy) is 2. The Morgan fingerprint density at radius 3 is 2.61 bits per heavy atom. The van der Waals surface area contributed by atoms with Gasteiger partial charge in [0.15, 0.2) is 11.5 Å². The zero-order valence-corrected chi connectivity index (χ0v) is 20.2. The molecule has 2 aromatic carbocycles. The lowest BCUT2D eigenvalue weighted by Crippen LogP contribution is -2.36. The van der Waals surface area contributed by atoms with E-state index in [0.29, 0.717) is 36.6 Å². The lowest BCUT2D eigenvalue weighted by atomic mass is 9.95. The number of likely N-dealkylation sites (tertiary alicyclic amines) is 1. The van der Waals surface area contributed by atoms with Gasteiger partial charge in [-0.25, -0.2) is 8.96 Å². The third-order valence-electron chi connectivity index (χ3n) is 6.02. The molecule has 0 saturated carbocycles. The molecule has 3 aromatic rings. The highest BCUT2D eigenvalue weighted by atomic mass is 19.1. The molecule has 1 N–H and O–H groups in total. The van der Waals surface area contributed by atoms with E-state index in [-0.39, 0.29) is 17.7 Å². The Kier molecular flexibility index (Phi) is 7.68. The fraction of sp³-hybridized carbons (Fsp3) is 0.296. The van der Waals surface area contributed by atoms with Gasteiger partial charge in [0.25, 0.3) is 5.91 Å². The number of hydrogen-bond donors (Lipinski definition) is 1. The maximum Gasteiger partial charge on any atom is 0.295 e. The van der Waals surface area contributed by atoms with Crippen molar-refractivity contribution in [3.8, 4) is 11.5 Å². The summed E-state index contributed by atoms with van der Waals surface area (Å²) >= 11 is 0. The molecule has 1 aliphatic rings. The normalized spacial score (nSPS) is 17.0. The first-order valence-corrected chi connectivity index (χ1v) is 11.8. The van der Waals surface area contributed by atoms with Crippen LogP contribution in [0.2, 0.25) is 0 Å². The number of carbonyl (C=O) groups excluding carboxylic acids is 2. The van der Waals surface area contributed by atoms with Gasteiger partial charge in [-0.05, 0) is 41.8 Å². The standard InChI is InChI=1S/C27H28FN3O5/c1-3-15-36-21-10-7-19(16-22(21)35-2)24-23(25(32)18-5-8-20(28)9-6-18)26(33)27(34)31(24)13-4-12-30-14-11-29-17-30/h5-11,14,16-17,24H,3-4,12-13,15H2,1-2H3,(H,32,33). The number of aromatic amines is 1. The van der Waals surface area contributed by atoms with Gasteiger partial charge in [-0.15, -0.1) is 0 Å². The van der Waals surface area contributed by atoms with Crippen molar-refractivity contribution in [1.29, 1.82) is 0 Å². The Labute approximate surface area is 208 Å². The Balaban J connectivity index is 1.75. The minimum Gasteiger partial charge on any atom is -0.872 e. The van der Waals surface area contributed by atoms with Gasteiger partial charge in [-0.2, -0.15) is 0 Å². The molecule has 1 aliphatic heterocycles. The molecule has 1 aromatic heterocycles. The number of rotatable bonds is 10. The molecule has 4 rings (SSSR count). The van der Waals surface area contributed by atoms with Crippen molar-refractivity contribution in [2.75, 3.05) is 20.3 Å². The topological polar surface area (TPSA) is 98.6 Å². The van der Waals surface area contributed by atoms with E-state index in [4.69, 9.17) is 9.47 Å². The van der Waals surface area contributed by atoms with Gasteiger partial charge >= 0.3 is 0 Å². The number of amides is 1. The molecule has 1 amide bonds. The van der Waals surface area contributed by atoms with Gasteiger partial charge in [-0.3, -0.25) is 14.6 Å². The van der Waals surface area contributed by atoms with Crippen molar-refractivity contribution in [2.24, 2.45) is 0 Å². The molecule has 0 bridgehead atoms. The average Bonchev–Trinajstić information content (AvgIpc) is 3.49. The maximum atomic E-state index is 13.5. The van der Waals surface area contributed by atoms with Crippen LogP contribution in [0.1, 0.15) is 36.9 Å².